The number of carbonyl (C=O) groups excluding carboxylic acids is 1. The summed E-state index contributed by atoms with van der Waals surface area (Å²) in [5.74, 6) is -0.508. The lowest BCUT2D eigenvalue weighted by Gasteiger charge is -2.13. The van der Waals surface area contributed by atoms with E-state index in [4.69, 9.17) is 4.79 Å². The van der Waals surface area contributed by atoms with Gasteiger partial charge in [-0.1, -0.05) is 54.6 Å². The number of phenols is 1. The molecule has 5 rings (SSSR count). The minimum Gasteiger partial charge on any atom is -0.508 e. The first-order chi connectivity index (χ1) is 18.0. The molecule has 6 heteroatoms. The number of nitrogens with zero attached hydrogens (tertiary/aromatic N) is 1. The lowest BCUT2D eigenvalue weighted by Crippen LogP contribution is -2.18. The highest BCUT2D eigenvalue weighted by Crippen LogP contribution is 2.31. The van der Waals surface area contributed by atoms with E-state index in [9.17, 15) is 13.9 Å². The van der Waals surface area contributed by atoms with E-state index in [1.54, 1.807) is 36.4 Å². The van der Waals surface area contributed by atoms with Crippen molar-refractivity contribution in [1.82, 2.24) is 4.90 Å². The molecule has 1 fully saturated rings. The quantitative estimate of drug-likeness (QED) is 0.296. The molecule has 0 spiro atoms. The molecule has 0 radical (unpaired) electrons. The topological polar surface area (TPSA) is 49.8 Å². The summed E-state index contributed by atoms with van der Waals surface area (Å²) in [4.78, 5) is 11.5. The average Bonchev–Trinajstić information content (AvgIpc) is 3.43. The van der Waals surface area contributed by atoms with Crippen LogP contribution in [0.1, 0.15) is 18.4 Å². The molecular weight excluding hydrogens is 472 g/mol. The molecule has 4 nitrogen and oxygen atoms in total. The van der Waals surface area contributed by atoms with Gasteiger partial charge in [-0.25, -0.2) is 8.78 Å². The van der Waals surface area contributed by atoms with Crippen LogP contribution < -0.4 is 0 Å². The van der Waals surface area contributed by atoms with Gasteiger partial charge in [0.05, 0.1) is 7.11 Å². The number of halogens is 2. The zero-order valence-electron chi connectivity index (χ0n) is 20.8. The number of carbonyl (C=O) groups is 1. The molecule has 0 atom stereocenters. The van der Waals surface area contributed by atoms with Crippen LogP contribution in [-0.2, 0) is 16.1 Å². The highest BCUT2D eigenvalue weighted by molar-refractivity contribution is 5.75. The molecule has 0 bridgehead atoms. The van der Waals surface area contributed by atoms with E-state index in [2.05, 4.69) is 40.0 Å². The van der Waals surface area contributed by atoms with E-state index < -0.39 is 0 Å². The van der Waals surface area contributed by atoms with Crippen LogP contribution in [0.25, 0.3) is 22.3 Å². The van der Waals surface area contributed by atoms with E-state index in [0.717, 1.165) is 28.8 Å². The number of rotatable bonds is 5. The third-order valence-corrected chi connectivity index (χ3v) is 5.82. The van der Waals surface area contributed by atoms with Crippen LogP contribution in [-0.4, -0.2) is 36.7 Å². The summed E-state index contributed by atoms with van der Waals surface area (Å²) in [7, 11) is 1.31. The lowest BCUT2D eigenvalue weighted by atomic mass is 9.98. The summed E-state index contributed by atoms with van der Waals surface area (Å²) in [6.45, 7) is 4.09. The summed E-state index contributed by atoms with van der Waals surface area (Å²) in [5, 5.41) is 9.88. The fourth-order valence-corrected chi connectivity index (χ4v) is 4.01. The molecule has 1 N–H and O–H groups in total. The average molecular weight is 504 g/mol. The van der Waals surface area contributed by atoms with Crippen LogP contribution in [0.15, 0.2) is 97.1 Å². The Kier molecular flexibility index (Phi) is 10.8. The summed E-state index contributed by atoms with van der Waals surface area (Å²) in [6, 6.07) is 27.9. The fraction of sp³-hybridized carbons (Fsp3) is 0.194. The van der Waals surface area contributed by atoms with Gasteiger partial charge in [-0.3, -0.25) is 9.69 Å². The molecule has 1 heterocycles. The molecule has 1 saturated heterocycles. The molecule has 192 valence electrons. The molecule has 1 aliphatic rings. The fourth-order valence-electron chi connectivity index (χ4n) is 4.01. The van der Waals surface area contributed by atoms with Crippen molar-refractivity contribution >= 4 is 6.47 Å². The Hall–Kier alpha value is -4.03. The van der Waals surface area contributed by atoms with E-state index >= 15 is 0 Å². The SMILES string of the molecule is COC=O.Oc1cc(-c2ccc(F)cc2)cc(-c2ccc(F)cc2)c1.c1ccc(CN2CCCC2)cc1. The molecule has 37 heavy (non-hydrogen) atoms. The van der Waals surface area contributed by atoms with Gasteiger partial charge in [0, 0.05) is 6.54 Å². The Bertz CT molecular complexity index is 1160. The molecule has 0 amide bonds. The Labute approximate surface area is 216 Å². The van der Waals surface area contributed by atoms with Gasteiger partial charge < -0.3 is 9.84 Å². The molecule has 1 aliphatic heterocycles. The summed E-state index contributed by atoms with van der Waals surface area (Å²) >= 11 is 0. The van der Waals surface area contributed by atoms with Crippen LogP contribution in [0.3, 0.4) is 0 Å². The minimum atomic E-state index is -0.308. The first-order valence-corrected chi connectivity index (χ1v) is 12.1. The van der Waals surface area contributed by atoms with Gasteiger partial charge in [-0.05, 0) is 96.2 Å². The number of methoxy groups -OCH3 is 1. The molecule has 0 saturated carbocycles. The van der Waals surface area contributed by atoms with Crippen molar-refractivity contribution in [3.8, 4) is 28.0 Å². The molecule has 0 aliphatic carbocycles. The van der Waals surface area contributed by atoms with Crippen LogP contribution in [0.4, 0.5) is 8.78 Å². The van der Waals surface area contributed by atoms with Crippen molar-refractivity contribution in [1.29, 1.82) is 0 Å². The summed E-state index contributed by atoms with van der Waals surface area (Å²) in [5.41, 5.74) is 4.59. The first kappa shape index (κ1) is 27.6. The Balaban J connectivity index is 0.000000200. The number of hydrogen-bond donors (Lipinski definition) is 1. The van der Waals surface area contributed by atoms with E-state index in [1.165, 1.54) is 62.9 Å². The van der Waals surface area contributed by atoms with Crippen LogP contribution >= 0.6 is 0 Å². The third-order valence-electron chi connectivity index (χ3n) is 5.82. The Morgan fingerprint density at radius 1 is 0.757 bits per heavy atom. The molecule has 0 unspecified atom stereocenters. The minimum absolute atomic E-state index is 0.108. The smallest absolute Gasteiger partial charge is 0.292 e. The maximum absolute atomic E-state index is 13.0. The van der Waals surface area contributed by atoms with Gasteiger partial charge in [-0.2, -0.15) is 0 Å². The molecule has 0 aromatic heterocycles. The monoisotopic (exact) mass is 503 g/mol. The number of benzene rings is 4. The van der Waals surface area contributed by atoms with Crippen molar-refractivity contribution in [3.05, 3.63) is 114 Å². The lowest BCUT2D eigenvalue weighted by molar-refractivity contribution is -0.126. The zero-order chi connectivity index (χ0) is 26.5. The molecular formula is C31H31F2NO3. The number of ether oxygens (including phenoxy) is 1. The number of aromatic hydroxyl groups is 1. The van der Waals surface area contributed by atoms with Gasteiger partial charge in [0.25, 0.3) is 6.47 Å². The third kappa shape index (κ3) is 9.17. The highest BCUT2D eigenvalue weighted by Gasteiger charge is 2.10. The van der Waals surface area contributed by atoms with Gasteiger partial charge in [-0.15, -0.1) is 0 Å². The predicted octanol–water partition coefficient (Wildman–Crippen LogP) is 7.08. The van der Waals surface area contributed by atoms with Crippen molar-refractivity contribution < 1.29 is 23.4 Å². The number of hydrogen-bond acceptors (Lipinski definition) is 4. The largest absolute Gasteiger partial charge is 0.508 e. The maximum atomic E-state index is 13.0. The Morgan fingerprint density at radius 3 is 1.65 bits per heavy atom. The second-order valence-corrected chi connectivity index (χ2v) is 8.58. The highest BCUT2D eigenvalue weighted by atomic mass is 19.1. The second-order valence-electron chi connectivity index (χ2n) is 8.58. The van der Waals surface area contributed by atoms with Crippen molar-refractivity contribution in [3.63, 3.8) is 0 Å². The second kappa shape index (κ2) is 14.5. The van der Waals surface area contributed by atoms with Gasteiger partial charge in [0.1, 0.15) is 17.4 Å². The standard InChI is InChI=1S/C18H12F2O.C11H15N.C2H4O2/c19-16-5-1-12(2-6-16)14-9-15(11-18(21)10-14)13-3-7-17(20)8-4-13;1-2-6-11(7-3-1)10-12-8-4-5-9-12;1-4-2-3/h1-11,21H;1-3,6-7H,4-5,8-10H2;2H,1H3. The van der Waals surface area contributed by atoms with Crippen molar-refractivity contribution in [2.75, 3.05) is 20.2 Å². The van der Waals surface area contributed by atoms with Crippen LogP contribution in [0.2, 0.25) is 0 Å². The van der Waals surface area contributed by atoms with Crippen molar-refractivity contribution in [2.45, 2.75) is 19.4 Å². The van der Waals surface area contributed by atoms with E-state index in [1.807, 2.05) is 6.07 Å². The number of phenolic OH excluding ortho intramolecular Hbond substituents is 1. The van der Waals surface area contributed by atoms with E-state index in [-0.39, 0.29) is 17.4 Å². The predicted molar refractivity (Wildman–Crippen MR) is 143 cm³/mol. The number of likely N-dealkylation sites (tertiary alicyclic amines) is 1. The summed E-state index contributed by atoms with van der Waals surface area (Å²) < 4.78 is 29.8. The first-order valence-electron chi connectivity index (χ1n) is 12.1. The van der Waals surface area contributed by atoms with Crippen LogP contribution in [0.5, 0.6) is 5.75 Å². The molecule has 4 aromatic carbocycles. The van der Waals surface area contributed by atoms with Gasteiger partial charge in [0.2, 0.25) is 0 Å². The van der Waals surface area contributed by atoms with Gasteiger partial charge >= 0.3 is 0 Å². The van der Waals surface area contributed by atoms with Crippen molar-refractivity contribution in [2.24, 2.45) is 0 Å². The van der Waals surface area contributed by atoms with E-state index in [0.29, 0.717) is 6.47 Å². The summed E-state index contributed by atoms with van der Waals surface area (Å²) in [6.07, 6.45) is 2.76. The normalized spacial score (nSPS) is 12.5. The Morgan fingerprint density at radius 2 is 1.22 bits per heavy atom. The zero-order valence-corrected chi connectivity index (χ0v) is 20.8. The molecule has 4 aromatic rings. The van der Waals surface area contributed by atoms with Gasteiger partial charge in [0.15, 0.2) is 0 Å². The van der Waals surface area contributed by atoms with Crippen LogP contribution in [0, 0.1) is 11.6 Å². The maximum Gasteiger partial charge on any atom is 0.292 e.